The van der Waals surface area contributed by atoms with Gasteiger partial charge >= 0.3 is 5.97 Å². The number of benzene rings is 1. The first kappa shape index (κ1) is 14.5. The highest BCUT2D eigenvalue weighted by Crippen LogP contribution is 2.25. The summed E-state index contributed by atoms with van der Waals surface area (Å²) >= 11 is 0. The molecule has 0 radical (unpaired) electrons. The molecule has 1 aromatic heterocycles. The summed E-state index contributed by atoms with van der Waals surface area (Å²) in [6.45, 7) is 1.63. The Labute approximate surface area is 120 Å². The van der Waals surface area contributed by atoms with Crippen molar-refractivity contribution in [3.8, 4) is 5.75 Å². The minimum Gasteiger partial charge on any atom is -0.495 e. The highest BCUT2D eigenvalue weighted by atomic mass is 16.5. The maximum Gasteiger partial charge on any atom is 0.355 e. The van der Waals surface area contributed by atoms with Crippen molar-refractivity contribution in [2.45, 2.75) is 13.5 Å². The van der Waals surface area contributed by atoms with Gasteiger partial charge in [0.15, 0.2) is 5.69 Å². The van der Waals surface area contributed by atoms with E-state index >= 15 is 0 Å². The van der Waals surface area contributed by atoms with Gasteiger partial charge < -0.3 is 15.2 Å². The van der Waals surface area contributed by atoms with Gasteiger partial charge in [0.2, 0.25) is 5.91 Å². The zero-order valence-corrected chi connectivity index (χ0v) is 11.5. The number of carboxylic acids is 1. The molecule has 8 nitrogen and oxygen atoms in total. The molecule has 1 heterocycles. The number of aromatic carboxylic acids is 1. The number of hydrogen-bond donors (Lipinski definition) is 2. The summed E-state index contributed by atoms with van der Waals surface area (Å²) in [6.07, 6.45) is 1.09. The molecule has 0 unspecified atom stereocenters. The monoisotopic (exact) mass is 290 g/mol. The topological polar surface area (TPSA) is 106 Å². The summed E-state index contributed by atoms with van der Waals surface area (Å²) in [5.74, 6) is -1.10. The van der Waals surface area contributed by atoms with Gasteiger partial charge in [0.05, 0.1) is 19.0 Å². The molecule has 0 saturated carbocycles. The number of nitrogens with zero attached hydrogens (tertiary/aromatic N) is 3. The van der Waals surface area contributed by atoms with E-state index in [2.05, 4.69) is 15.6 Å². The third-order valence-electron chi connectivity index (χ3n) is 2.76. The third-order valence-corrected chi connectivity index (χ3v) is 2.76. The Morgan fingerprint density at radius 2 is 2.19 bits per heavy atom. The zero-order chi connectivity index (χ0) is 15.4. The fourth-order valence-electron chi connectivity index (χ4n) is 1.79. The Kier molecular flexibility index (Phi) is 4.17. The normalized spacial score (nSPS) is 10.2. The number of aryl methyl sites for hydroxylation is 1. The van der Waals surface area contributed by atoms with Gasteiger partial charge in [-0.05, 0) is 24.6 Å². The van der Waals surface area contributed by atoms with Gasteiger partial charge in [0, 0.05) is 0 Å². The first-order valence-electron chi connectivity index (χ1n) is 6.07. The average molecular weight is 290 g/mol. The lowest BCUT2D eigenvalue weighted by Crippen LogP contribution is -2.22. The summed E-state index contributed by atoms with van der Waals surface area (Å²) in [5, 5.41) is 18.6. The maximum absolute atomic E-state index is 12.0. The van der Waals surface area contributed by atoms with Crippen LogP contribution in [-0.2, 0) is 11.3 Å². The fraction of sp³-hybridized carbons (Fsp3) is 0.231. The molecule has 21 heavy (non-hydrogen) atoms. The fourth-order valence-corrected chi connectivity index (χ4v) is 1.79. The number of carbonyl (C=O) groups excluding carboxylic acids is 1. The van der Waals surface area contributed by atoms with E-state index in [4.69, 9.17) is 9.84 Å². The molecule has 0 aliphatic heterocycles. The molecular formula is C13H14N4O4. The van der Waals surface area contributed by atoms with E-state index in [-0.39, 0.29) is 12.2 Å². The second-order valence-electron chi connectivity index (χ2n) is 4.33. The summed E-state index contributed by atoms with van der Waals surface area (Å²) < 4.78 is 6.17. The lowest BCUT2D eigenvalue weighted by Gasteiger charge is -2.11. The van der Waals surface area contributed by atoms with E-state index in [1.165, 1.54) is 7.11 Å². The molecule has 1 amide bonds. The van der Waals surface area contributed by atoms with Crippen molar-refractivity contribution in [2.24, 2.45) is 0 Å². The van der Waals surface area contributed by atoms with Crippen LogP contribution >= 0.6 is 0 Å². The van der Waals surface area contributed by atoms with Gasteiger partial charge in [-0.1, -0.05) is 11.3 Å². The van der Waals surface area contributed by atoms with Crippen LogP contribution in [0, 0.1) is 6.92 Å². The maximum atomic E-state index is 12.0. The Hall–Kier alpha value is -2.90. The van der Waals surface area contributed by atoms with Gasteiger partial charge in [-0.2, -0.15) is 0 Å². The molecular weight excluding hydrogens is 276 g/mol. The molecule has 0 aliphatic carbocycles. The molecule has 2 aromatic rings. The van der Waals surface area contributed by atoms with Gasteiger partial charge in [0.25, 0.3) is 0 Å². The minimum atomic E-state index is -1.19. The lowest BCUT2D eigenvalue weighted by atomic mass is 10.2. The Morgan fingerprint density at radius 3 is 2.86 bits per heavy atom. The van der Waals surface area contributed by atoms with Crippen LogP contribution in [0.2, 0.25) is 0 Å². The smallest absolute Gasteiger partial charge is 0.355 e. The van der Waals surface area contributed by atoms with Crippen LogP contribution in [0.5, 0.6) is 5.75 Å². The van der Waals surface area contributed by atoms with Crippen molar-refractivity contribution < 1.29 is 19.4 Å². The minimum absolute atomic E-state index is 0.152. The number of methoxy groups -OCH3 is 1. The highest BCUT2D eigenvalue weighted by molar-refractivity contribution is 5.93. The van der Waals surface area contributed by atoms with Crippen molar-refractivity contribution in [3.63, 3.8) is 0 Å². The van der Waals surface area contributed by atoms with Crippen LogP contribution in [0.1, 0.15) is 16.1 Å². The number of anilines is 1. The Bertz CT molecular complexity index is 681. The van der Waals surface area contributed by atoms with Crippen LogP contribution in [0.15, 0.2) is 24.4 Å². The van der Waals surface area contributed by atoms with Gasteiger partial charge in [-0.25, -0.2) is 9.48 Å². The first-order chi connectivity index (χ1) is 10.0. The molecule has 0 aliphatic rings. The molecule has 1 aromatic carbocycles. The molecule has 110 valence electrons. The average Bonchev–Trinajstić information content (AvgIpc) is 2.87. The molecule has 0 spiro atoms. The molecule has 0 atom stereocenters. The van der Waals surface area contributed by atoms with Gasteiger partial charge in [0.1, 0.15) is 12.3 Å². The SMILES string of the molecule is COc1ccc(C)cc1NC(=O)Cn1nncc1C(=O)O. The molecule has 2 N–H and O–H groups in total. The number of rotatable bonds is 5. The van der Waals surface area contributed by atoms with Crippen molar-refractivity contribution in [1.82, 2.24) is 15.0 Å². The standard InChI is InChI=1S/C13H14N4O4/c1-8-3-4-11(21-2)9(5-8)15-12(18)7-17-10(13(19)20)6-14-16-17/h3-6H,7H2,1-2H3,(H,15,18)(H,19,20). The van der Waals surface area contributed by atoms with Gasteiger partial charge in [-0.3, -0.25) is 4.79 Å². The molecule has 2 rings (SSSR count). The van der Waals surface area contributed by atoms with E-state index in [9.17, 15) is 9.59 Å². The van der Waals surface area contributed by atoms with Crippen molar-refractivity contribution in [2.75, 3.05) is 12.4 Å². The molecule has 0 saturated heterocycles. The largest absolute Gasteiger partial charge is 0.495 e. The lowest BCUT2D eigenvalue weighted by molar-refractivity contribution is -0.117. The number of carbonyl (C=O) groups is 2. The van der Waals surface area contributed by atoms with Crippen LogP contribution in [-0.4, -0.2) is 39.1 Å². The number of nitrogens with one attached hydrogen (secondary N) is 1. The molecule has 0 bridgehead atoms. The van der Waals surface area contributed by atoms with Crippen LogP contribution in [0.25, 0.3) is 0 Å². The molecule has 0 fully saturated rings. The van der Waals surface area contributed by atoms with Crippen molar-refractivity contribution >= 4 is 17.6 Å². The Balaban J connectivity index is 2.13. The predicted octanol–water partition coefficient (Wildman–Crippen LogP) is 0.932. The van der Waals surface area contributed by atoms with Crippen molar-refractivity contribution in [3.05, 3.63) is 35.7 Å². The molecule has 8 heteroatoms. The van der Waals surface area contributed by atoms with Crippen LogP contribution in [0.4, 0.5) is 5.69 Å². The van der Waals surface area contributed by atoms with E-state index in [0.29, 0.717) is 11.4 Å². The third kappa shape index (κ3) is 3.35. The second kappa shape index (κ2) is 6.04. The summed E-state index contributed by atoms with van der Waals surface area (Å²) in [4.78, 5) is 22.9. The second-order valence-corrected chi connectivity index (χ2v) is 4.33. The first-order valence-corrected chi connectivity index (χ1v) is 6.07. The van der Waals surface area contributed by atoms with E-state index in [0.717, 1.165) is 16.4 Å². The van der Waals surface area contributed by atoms with Gasteiger partial charge in [-0.15, -0.1) is 5.10 Å². The Morgan fingerprint density at radius 1 is 1.43 bits per heavy atom. The number of aromatic nitrogens is 3. The van der Waals surface area contributed by atoms with E-state index in [1.54, 1.807) is 12.1 Å². The summed E-state index contributed by atoms with van der Waals surface area (Å²) in [7, 11) is 1.50. The van der Waals surface area contributed by atoms with E-state index in [1.807, 2.05) is 13.0 Å². The number of carboxylic acid groups (broad SMARTS) is 1. The highest BCUT2D eigenvalue weighted by Gasteiger charge is 2.15. The number of ether oxygens (including phenoxy) is 1. The summed E-state index contributed by atoms with van der Waals surface area (Å²) in [5.41, 5.74) is 1.32. The van der Waals surface area contributed by atoms with Crippen LogP contribution in [0.3, 0.4) is 0 Å². The predicted molar refractivity (Wildman–Crippen MR) is 73.3 cm³/mol. The summed E-state index contributed by atoms with van der Waals surface area (Å²) in [6, 6.07) is 5.35. The van der Waals surface area contributed by atoms with Crippen molar-refractivity contribution in [1.29, 1.82) is 0 Å². The number of hydrogen-bond acceptors (Lipinski definition) is 5. The van der Waals surface area contributed by atoms with E-state index < -0.39 is 11.9 Å². The quantitative estimate of drug-likeness (QED) is 0.848. The van der Waals surface area contributed by atoms with Crippen LogP contribution < -0.4 is 10.1 Å². The zero-order valence-electron chi connectivity index (χ0n) is 11.5. The number of amides is 1.